The molecule has 6 heteroatoms. The van der Waals surface area contributed by atoms with Crippen LogP contribution in [0.1, 0.15) is 44.2 Å². The predicted octanol–water partition coefficient (Wildman–Crippen LogP) is 5.00. The van der Waals surface area contributed by atoms with E-state index in [0.29, 0.717) is 19.7 Å². The van der Waals surface area contributed by atoms with Crippen LogP contribution in [0.3, 0.4) is 0 Å². The van der Waals surface area contributed by atoms with Crippen molar-refractivity contribution in [2.45, 2.75) is 44.2 Å². The van der Waals surface area contributed by atoms with E-state index in [-0.39, 0.29) is 12.1 Å². The van der Waals surface area contributed by atoms with Crippen LogP contribution in [-0.4, -0.2) is 40.9 Å². The van der Waals surface area contributed by atoms with Gasteiger partial charge in [0.05, 0.1) is 13.2 Å². The van der Waals surface area contributed by atoms with Crippen LogP contribution < -0.4 is 4.74 Å². The van der Waals surface area contributed by atoms with Crippen LogP contribution in [0.15, 0.2) is 47.2 Å². The van der Waals surface area contributed by atoms with Crippen LogP contribution in [0, 0.1) is 0 Å². The summed E-state index contributed by atoms with van der Waals surface area (Å²) in [5.41, 5.74) is 0.686. The molecular formula is C21H25BrN2O3. The number of rotatable bonds is 4. The largest absolute Gasteiger partial charge is 0.483 e. The fourth-order valence-corrected chi connectivity index (χ4v) is 4.62. The zero-order chi connectivity index (χ0) is 18.9. The molecule has 144 valence electrons. The molecule has 2 aliphatic rings. The highest BCUT2D eigenvalue weighted by molar-refractivity contribution is 9.10. The van der Waals surface area contributed by atoms with Crippen LogP contribution in [0.25, 0.3) is 0 Å². The summed E-state index contributed by atoms with van der Waals surface area (Å²) in [4.78, 5) is 14.4. The minimum absolute atomic E-state index is 0.0336. The highest BCUT2D eigenvalue weighted by atomic mass is 79.9. The van der Waals surface area contributed by atoms with Gasteiger partial charge >= 0.3 is 6.09 Å². The molecule has 1 aromatic carbocycles. The number of hydrogen-bond donors (Lipinski definition) is 0. The van der Waals surface area contributed by atoms with E-state index in [2.05, 4.69) is 45.9 Å². The normalized spacial score (nSPS) is 23.9. The van der Waals surface area contributed by atoms with Crippen molar-refractivity contribution in [2.75, 3.05) is 19.7 Å². The van der Waals surface area contributed by atoms with Crippen LogP contribution in [0.2, 0.25) is 0 Å². The molecule has 2 aromatic rings. The van der Waals surface area contributed by atoms with E-state index < -0.39 is 5.60 Å². The first-order chi connectivity index (χ1) is 13.1. The maximum atomic E-state index is 12.6. The third-order valence-electron chi connectivity index (χ3n) is 5.47. The summed E-state index contributed by atoms with van der Waals surface area (Å²) in [5, 5.41) is 0. The molecule has 5 nitrogen and oxygen atoms in total. The van der Waals surface area contributed by atoms with E-state index in [9.17, 15) is 4.79 Å². The van der Waals surface area contributed by atoms with Crippen molar-refractivity contribution in [1.29, 1.82) is 0 Å². The number of ether oxygens (including phenoxy) is 2. The molecule has 4 rings (SSSR count). The van der Waals surface area contributed by atoms with Gasteiger partial charge in [0.15, 0.2) is 5.60 Å². The Labute approximate surface area is 168 Å². The van der Waals surface area contributed by atoms with Crippen molar-refractivity contribution in [3.63, 3.8) is 0 Å². The monoisotopic (exact) mass is 432 g/mol. The Morgan fingerprint density at radius 2 is 2.19 bits per heavy atom. The molecule has 1 saturated heterocycles. The minimum Gasteiger partial charge on any atom is -0.483 e. The summed E-state index contributed by atoms with van der Waals surface area (Å²) in [5.74, 6) is 0.901. The van der Waals surface area contributed by atoms with Crippen molar-refractivity contribution < 1.29 is 14.3 Å². The third-order valence-corrected chi connectivity index (χ3v) is 5.96. The Kier molecular flexibility index (Phi) is 5.17. The van der Waals surface area contributed by atoms with Crippen molar-refractivity contribution in [3.05, 3.63) is 52.8 Å². The van der Waals surface area contributed by atoms with Gasteiger partial charge in [0.1, 0.15) is 11.8 Å². The number of fused-ring (bicyclic) bond motifs is 1. The maximum absolute atomic E-state index is 12.6. The summed E-state index contributed by atoms with van der Waals surface area (Å²) in [6.07, 6.45) is 7.63. The average Bonchev–Trinajstić information content (AvgIpc) is 3.27. The molecule has 0 saturated carbocycles. The molecule has 1 spiro atoms. The molecule has 0 aliphatic carbocycles. The summed E-state index contributed by atoms with van der Waals surface area (Å²) in [6.45, 7) is 3.82. The van der Waals surface area contributed by atoms with Crippen LogP contribution >= 0.6 is 15.9 Å². The van der Waals surface area contributed by atoms with Gasteiger partial charge in [-0.25, -0.2) is 4.79 Å². The SMILES string of the molecule is CCCCOC(=O)N1CCCC2(C1)Oc1ccc(Br)cc1C2n1cccc1. The Bertz CT molecular complexity index is 808. The Morgan fingerprint density at radius 3 is 2.96 bits per heavy atom. The first-order valence-corrected chi connectivity index (χ1v) is 10.4. The Morgan fingerprint density at radius 1 is 1.37 bits per heavy atom. The molecule has 2 unspecified atom stereocenters. The zero-order valence-corrected chi connectivity index (χ0v) is 17.2. The Hall–Kier alpha value is -1.95. The number of carbonyl (C=O) groups is 1. The van der Waals surface area contributed by atoms with Gasteiger partial charge in [-0.15, -0.1) is 0 Å². The summed E-state index contributed by atoms with van der Waals surface area (Å²) in [6, 6.07) is 10.2. The first kappa shape index (κ1) is 18.4. The second kappa shape index (κ2) is 7.58. The highest BCUT2D eigenvalue weighted by Crippen LogP contribution is 2.50. The highest BCUT2D eigenvalue weighted by Gasteiger charge is 2.52. The van der Waals surface area contributed by atoms with Gasteiger partial charge in [0, 0.05) is 29.0 Å². The minimum atomic E-state index is -0.468. The molecule has 1 fully saturated rings. The van der Waals surface area contributed by atoms with Gasteiger partial charge in [-0.3, -0.25) is 0 Å². The molecule has 0 N–H and O–H groups in total. The molecule has 3 heterocycles. The average molecular weight is 433 g/mol. The molecule has 0 bridgehead atoms. The summed E-state index contributed by atoms with van der Waals surface area (Å²) >= 11 is 3.59. The van der Waals surface area contributed by atoms with Gasteiger partial charge in [0.25, 0.3) is 0 Å². The van der Waals surface area contributed by atoms with Crippen molar-refractivity contribution in [2.24, 2.45) is 0 Å². The molecular weight excluding hydrogens is 408 g/mol. The van der Waals surface area contributed by atoms with Crippen LogP contribution in [-0.2, 0) is 4.74 Å². The Balaban J connectivity index is 1.63. The number of piperidine rings is 1. The van der Waals surface area contributed by atoms with Crippen molar-refractivity contribution in [3.8, 4) is 5.75 Å². The number of carbonyl (C=O) groups excluding carboxylic acids is 1. The van der Waals surface area contributed by atoms with Gasteiger partial charge in [-0.1, -0.05) is 29.3 Å². The molecule has 0 radical (unpaired) electrons. The lowest BCUT2D eigenvalue weighted by atomic mass is 9.83. The number of halogens is 1. The van der Waals surface area contributed by atoms with Crippen molar-refractivity contribution >= 4 is 22.0 Å². The lowest BCUT2D eigenvalue weighted by molar-refractivity contribution is -0.0172. The zero-order valence-electron chi connectivity index (χ0n) is 15.6. The van der Waals surface area contributed by atoms with E-state index in [0.717, 1.165) is 41.5 Å². The number of hydrogen-bond acceptors (Lipinski definition) is 3. The van der Waals surface area contributed by atoms with Gasteiger partial charge in [-0.2, -0.15) is 0 Å². The maximum Gasteiger partial charge on any atom is 0.409 e. The quantitative estimate of drug-likeness (QED) is 0.638. The lowest BCUT2D eigenvalue weighted by Gasteiger charge is -2.42. The number of unbranched alkanes of at least 4 members (excludes halogenated alkanes) is 1. The molecule has 27 heavy (non-hydrogen) atoms. The smallest absolute Gasteiger partial charge is 0.409 e. The molecule has 1 aromatic heterocycles. The van der Waals surface area contributed by atoms with Crippen molar-refractivity contribution in [1.82, 2.24) is 9.47 Å². The van der Waals surface area contributed by atoms with E-state index in [4.69, 9.17) is 9.47 Å². The summed E-state index contributed by atoms with van der Waals surface area (Å²) in [7, 11) is 0. The standard InChI is InChI=1S/C21H25BrN2O3/c1-2-3-13-26-20(25)24-12-6-9-21(15-24)19(23-10-4-5-11-23)17-14-16(22)7-8-18(17)27-21/h4-5,7-8,10-11,14,19H,2-3,6,9,12-13,15H2,1H3. The second-order valence-corrected chi connectivity index (χ2v) is 8.29. The number of aromatic nitrogens is 1. The van der Waals surface area contributed by atoms with Crippen LogP contribution in [0.5, 0.6) is 5.75 Å². The number of benzene rings is 1. The molecule has 2 atom stereocenters. The predicted molar refractivity (Wildman–Crippen MR) is 107 cm³/mol. The lowest BCUT2D eigenvalue weighted by Crippen LogP contribution is -2.56. The second-order valence-electron chi connectivity index (χ2n) is 7.37. The first-order valence-electron chi connectivity index (χ1n) is 9.65. The van der Waals surface area contributed by atoms with Gasteiger partial charge in [0.2, 0.25) is 0 Å². The van der Waals surface area contributed by atoms with Gasteiger partial charge < -0.3 is 18.9 Å². The topological polar surface area (TPSA) is 43.7 Å². The molecule has 2 aliphatic heterocycles. The van der Waals surface area contributed by atoms with E-state index in [1.165, 1.54) is 0 Å². The number of amides is 1. The summed E-state index contributed by atoms with van der Waals surface area (Å²) < 4.78 is 15.2. The van der Waals surface area contributed by atoms with E-state index in [1.54, 1.807) is 0 Å². The van der Waals surface area contributed by atoms with E-state index >= 15 is 0 Å². The fraction of sp³-hybridized carbons (Fsp3) is 0.476. The fourth-order valence-electron chi connectivity index (χ4n) is 4.24. The molecule has 1 amide bonds. The number of likely N-dealkylation sites (tertiary alicyclic amines) is 1. The van der Waals surface area contributed by atoms with Gasteiger partial charge in [-0.05, 0) is 49.6 Å². The van der Waals surface area contributed by atoms with Crippen LogP contribution in [0.4, 0.5) is 4.79 Å². The number of nitrogens with zero attached hydrogens (tertiary/aromatic N) is 2. The van der Waals surface area contributed by atoms with E-state index in [1.807, 2.05) is 29.2 Å². The third kappa shape index (κ3) is 3.47.